The van der Waals surface area contributed by atoms with Crippen molar-refractivity contribution < 1.29 is 14.3 Å². The molecule has 1 aromatic rings. The van der Waals surface area contributed by atoms with Crippen molar-refractivity contribution in [2.24, 2.45) is 5.41 Å². The molecule has 0 heterocycles. The molecule has 3 nitrogen and oxygen atoms in total. The minimum absolute atomic E-state index is 0.247. The molecule has 4 heteroatoms. The predicted molar refractivity (Wildman–Crippen MR) is 80.5 cm³/mol. The van der Waals surface area contributed by atoms with Gasteiger partial charge in [0.25, 0.3) is 0 Å². The number of halogens is 1. The van der Waals surface area contributed by atoms with Crippen LogP contribution in [-0.4, -0.2) is 29.6 Å². The average Bonchev–Trinajstić information content (AvgIpc) is 2.65. The number of hydrogen-bond donors (Lipinski definition) is 1. The number of carboxylic acid groups (broad SMARTS) is 1. The highest BCUT2D eigenvalue weighted by Gasteiger charge is 2.39. The molecule has 0 spiro atoms. The van der Waals surface area contributed by atoms with Gasteiger partial charge in [-0.05, 0) is 37.6 Å². The smallest absolute Gasteiger partial charge is 0.310 e. The molecule has 0 aromatic heterocycles. The lowest BCUT2D eigenvalue weighted by Crippen LogP contribution is -2.41. The number of carboxylic acids is 1. The van der Waals surface area contributed by atoms with Crippen LogP contribution in [0.4, 0.5) is 4.39 Å². The van der Waals surface area contributed by atoms with Crippen LogP contribution in [0.3, 0.4) is 0 Å². The summed E-state index contributed by atoms with van der Waals surface area (Å²) in [6.07, 6.45) is 5.72. The summed E-state index contributed by atoms with van der Waals surface area (Å²) in [5.74, 6) is -0.932. The Balaban J connectivity index is 2.04. The highest BCUT2D eigenvalue weighted by molar-refractivity contribution is 5.75. The molecule has 1 fully saturated rings. The van der Waals surface area contributed by atoms with E-state index in [1.54, 1.807) is 6.07 Å². The fourth-order valence-corrected chi connectivity index (χ4v) is 3.36. The van der Waals surface area contributed by atoms with Crippen LogP contribution in [0.2, 0.25) is 0 Å². The Bertz CT molecular complexity index is 481. The Morgan fingerprint density at radius 3 is 2.52 bits per heavy atom. The number of nitrogens with zero attached hydrogens (tertiary/aromatic N) is 1. The summed E-state index contributed by atoms with van der Waals surface area (Å²) in [6, 6.07) is 6.50. The maximum atomic E-state index is 13.2. The zero-order chi connectivity index (χ0) is 15.3. The molecule has 0 bridgehead atoms. The third kappa shape index (κ3) is 4.27. The second-order valence-electron chi connectivity index (χ2n) is 6.30. The van der Waals surface area contributed by atoms with Crippen LogP contribution in [0, 0.1) is 11.2 Å². The minimum atomic E-state index is -0.685. The van der Waals surface area contributed by atoms with E-state index in [2.05, 4.69) is 0 Å². The molecule has 116 valence electrons. The molecule has 1 aliphatic carbocycles. The first-order chi connectivity index (χ1) is 10.0. The van der Waals surface area contributed by atoms with E-state index in [-0.39, 0.29) is 5.82 Å². The maximum Gasteiger partial charge on any atom is 0.310 e. The summed E-state index contributed by atoms with van der Waals surface area (Å²) in [7, 11) is 1.92. The van der Waals surface area contributed by atoms with Gasteiger partial charge in [0, 0.05) is 13.1 Å². The van der Waals surface area contributed by atoms with Crippen molar-refractivity contribution >= 4 is 5.97 Å². The van der Waals surface area contributed by atoms with Crippen LogP contribution in [0.15, 0.2) is 24.3 Å². The van der Waals surface area contributed by atoms with Gasteiger partial charge < -0.3 is 10.0 Å². The van der Waals surface area contributed by atoms with Crippen molar-refractivity contribution in [3.8, 4) is 0 Å². The Hall–Kier alpha value is -1.42. The highest BCUT2D eigenvalue weighted by atomic mass is 19.1. The lowest BCUT2D eigenvalue weighted by Gasteiger charge is -2.32. The Morgan fingerprint density at radius 1 is 1.29 bits per heavy atom. The zero-order valence-corrected chi connectivity index (χ0v) is 12.6. The van der Waals surface area contributed by atoms with Crippen molar-refractivity contribution in [2.45, 2.75) is 45.1 Å². The lowest BCUT2D eigenvalue weighted by atomic mass is 9.80. The van der Waals surface area contributed by atoms with E-state index >= 15 is 0 Å². The Kier molecular flexibility index (Phi) is 5.34. The first-order valence-electron chi connectivity index (χ1n) is 7.68. The van der Waals surface area contributed by atoms with Crippen LogP contribution in [0.25, 0.3) is 0 Å². The third-order valence-corrected chi connectivity index (χ3v) is 4.43. The summed E-state index contributed by atoms with van der Waals surface area (Å²) in [4.78, 5) is 13.8. The molecule has 1 aromatic carbocycles. The van der Waals surface area contributed by atoms with Crippen LogP contribution in [-0.2, 0) is 11.3 Å². The monoisotopic (exact) mass is 293 g/mol. The fourth-order valence-electron chi connectivity index (χ4n) is 3.36. The number of aliphatic carboxylic acids is 1. The first kappa shape index (κ1) is 16.0. The van der Waals surface area contributed by atoms with E-state index in [9.17, 15) is 14.3 Å². The van der Waals surface area contributed by atoms with Crippen molar-refractivity contribution in [1.82, 2.24) is 4.90 Å². The van der Waals surface area contributed by atoms with Gasteiger partial charge in [0.2, 0.25) is 0 Å². The van der Waals surface area contributed by atoms with Crippen LogP contribution < -0.4 is 0 Å². The third-order valence-electron chi connectivity index (χ3n) is 4.43. The van der Waals surface area contributed by atoms with Gasteiger partial charge >= 0.3 is 5.97 Å². The molecule has 0 atom stereocenters. The molecular weight excluding hydrogens is 269 g/mol. The number of carbonyl (C=O) groups is 1. The molecule has 1 saturated carbocycles. The molecule has 0 aliphatic heterocycles. The predicted octanol–water partition coefficient (Wildman–Crippen LogP) is 3.68. The summed E-state index contributed by atoms with van der Waals surface area (Å²) in [6.45, 7) is 1.10. The van der Waals surface area contributed by atoms with Crippen molar-refractivity contribution in [3.63, 3.8) is 0 Å². The normalized spacial score (nSPS) is 18.4. The summed E-state index contributed by atoms with van der Waals surface area (Å²) < 4.78 is 13.2. The van der Waals surface area contributed by atoms with Crippen LogP contribution in [0.1, 0.15) is 44.1 Å². The van der Waals surface area contributed by atoms with Gasteiger partial charge in [0.15, 0.2) is 0 Å². The van der Waals surface area contributed by atoms with Gasteiger partial charge in [0.1, 0.15) is 5.82 Å². The molecule has 0 amide bonds. The van der Waals surface area contributed by atoms with Crippen LogP contribution >= 0.6 is 0 Å². The molecule has 0 saturated heterocycles. The van der Waals surface area contributed by atoms with E-state index in [4.69, 9.17) is 0 Å². The zero-order valence-electron chi connectivity index (χ0n) is 12.6. The van der Waals surface area contributed by atoms with Gasteiger partial charge in [-0.1, -0.05) is 37.8 Å². The van der Waals surface area contributed by atoms with Crippen molar-refractivity contribution in [2.75, 3.05) is 13.6 Å². The quantitative estimate of drug-likeness (QED) is 0.842. The summed E-state index contributed by atoms with van der Waals surface area (Å²) >= 11 is 0. The van der Waals surface area contributed by atoms with Crippen molar-refractivity contribution in [1.29, 1.82) is 0 Å². The molecule has 0 radical (unpaired) electrons. The fraction of sp³-hybridized carbons (Fsp3) is 0.588. The van der Waals surface area contributed by atoms with E-state index in [1.165, 1.54) is 12.1 Å². The van der Waals surface area contributed by atoms with E-state index in [1.807, 2.05) is 18.0 Å². The second-order valence-corrected chi connectivity index (χ2v) is 6.30. The lowest BCUT2D eigenvalue weighted by molar-refractivity contribution is -0.151. The molecule has 2 rings (SSSR count). The second kappa shape index (κ2) is 7.03. The first-order valence-corrected chi connectivity index (χ1v) is 7.68. The summed E-state index contributed by atoms with van der Waals surface area (Å²) in [5.41, 5.74) is 0.241. The van der Waals surface area contributed by atoms with Gasteiger partial charge in [-0.3, -0.25) is 4.79 Å². The number of hydrogen-bond acceptors (Lipinski definition) is 2. The molecular formula is C17H24FNO2. The Labute approximate surface area is 125 Å². The Morgan fingerprint density at radius 2 is 1.95 bits per heavy atom. The number of benzene rings is 1. The average molecular weight is 293 g/mol. The minimum Gasteiger partial charge on any atom is -0.481 e. The molecule has 1 aliphatic rings. The summed E-state index contributed by atoms with van der Waals surface area (Å²) in [5, 5.41) is 9.69. The molecule has 0 unspecified atom stereocenters. The van der Waals surface area contributed by atoms with E-state index in [0.717, 1.165) is 44.1 Å². The molecule has 21 heavy (non-hydrogen) atoms. The maximum absolute atomic E-state index is 13.2. The van der Waals surface area contributed by atoms with E-state index in [0.29, 0.717) is 13.1 Å². The standard InChI is InChI=1S/C17H24FNO2/c1-19(12-14-7-6-8-15(18)11-14)13-17(16(20)21)9-4-2-3-5-10-17/h6-8,11H,2-5,9-10,12-13H2,1H3,(H,20,21). The van der Waals surface area contributed by atoms with Gasteiger partial charge in [-0.15, -0.1) is 0 Å². The van der Waals surface area contributed by atoms with Crippen LogP contribution in [0.5, 0.6) is 0 Å². The highest BCUT2D eigenvalue weighted by Crippen LogP contribution is 2.36. The van der Waals surface area contributed by atoms with E-state index < -0.39 is 11.4 Å². The van der Waals surface area contributed by atoms with Crippen molar-refractivity contribution in [3.05, 3.63) is 35.6 Å². The van der Waals surface area contributed by atoms with Gasteiger partial charge in [-0.2, -0.15) is 0 Å². The largest absolute Gasteiger partial charge is 0.481 e. The molecule has 1 N–H and O–H groups in total. The van der Waals surface area contributed by atoms with Gasteiger partial charge in [-0.25, -0.2) is 4.39 Å². The number of rotatable bonds is 5. The van der Waals surface area contributed by atoms with Gasteiger partial charge in [0.05, 0.1) is 5.41 Å². The topological polar surface area (TPSA) is 40.5 Å². The SMILES string of the molecule is CN(Cc1cccc(F)c1)CC1(C(=O)O)CCCCCC1.